The monoisotopic (exact) mass is 337 g/mol. The highest BCUT2D eigenvalue weighted by Gasteiger charge is 2.21. The maximum atomic E-state index is 10.2. The van der Waals surface area contributed by atoms with Crippen LogP contribution in [0.15, 0.2) is 68.1 Å². The minimum absolute atomic E-state index is 0.400. The molecule has 1 heterocycles. The molecule has 0 amide bonds. The molecule has 1 unspecified atom stereocenters. The lowest BCUT2D eigenvalue weighted by Crippen LogP contribution is -1.92. The number of hydrogen-bond acceptors (Lipinski definition) is 5. The number of ether oxygens (including phenoxy) is 1. The molecule has 9 heteroatoms. The second kappa shape index (κ2) is 6.46. The van der Waals surface area contributed by atoms with Crippen LogP contribution in [0.5, 0.6) is 17.2 Å². The minimum atomic E-state index is -3.17. The standard InChI is InChI=1S/C12H10N3O3P3/c16-21(14-19-13-20-15-21)18-12-9-5-4-8-11(12)17-10-6-2-1-3-7-10/h1-9,16H. The zero-order valence-electron chi connectivity index (χ0n) is 10.6. The molecule has 0 radical (unpaired) electrons. The van der Waals surface area contributed by atoms with Gasteiger partial charge in [0.1, 0.15) is 5.75 Å². The molecule has 1 atom stereocenters. The first-order valence-corrected chi connectivity index (χ1v) is 9.10. The molecular weight excluding hydrogens is 327 g/mol. The van der Waals surface area contributed by atoms with Gasteiger partial charge in [0, 0.05) is 0 Å². The Balaban J connectivity index is 1.88. The molecule has 3 rings (SSSR count). The largest absolute Gasteiger partial charge is 0.453 e. The Morgan fingerprint density at radius 1 is 0.905 bits per heavy atom. The van der Waals surface area contributed by atoms with E-state index in [4.69, 9.17) is 9.26 Å². The second-order valence-corrected chi connectivity index (χ2v) is 7.63. The number of benzene rings is 2. The highest BCUT2D eigenvalue weighted by Crippen LogP contribution is 2.56. The normalized spacial score (nSPS) is 21.4. The Kier molecular flexibility index (Phi) is 4.42. The van der Waals surface area contributed by atoms with E-state index >= 15 is 0 Å². The molecule has 106 valence electrons. The van der Waals surface area contributed by atoms with Crippen LogP contribution in [0.3, 0.4) is 0 Å². The summed E-state index contributed by atoms with van der Waals surface area (Å²) in [6, 6.07) is 16.4. The molecule has 0 saturated heterocycles. The smallest absolute Gasteiger partial charge is 0.402 e. The molecular formula is C12H10N3O3P3. The zero-order chi connectivity index (χ0) is 14.5. The van der Waals surface area contributed by atoms with Gasteiger partial charge in [-0.2, -0.15) is 4.52 Å². The van der Waals surface area contributed by atoms with Gasteiger partial charge in [-0.1, -0.05) is 30.3 Å². The SMILES string of the molecule is OP1(Oc2ccccc2Oc2ccccc2)=NP=NP=N1. The van der Waals surface area contributed by atoms with E-state index in [-0.39, 0.29) is 0 Å². The van der Waals surface area contributed by atoms with Crippen LogP contribution in [0.2, 0.25) is 0 Å². The Bertz CT molecular complexity index is 750. The molecule has 1 N–H and O–H groups in total. The van der Waals surface area contributed by atoms with E-state index < -0.39 is 7.66 Å². The van der Waals surface area contributed by atoms with Crippen LogP contribution >= 0.6 is 24.7 Å². The summed E-state index contributed by atoms with van der Waals surface area (Å²) in [4.78, 5) is 10.2. The first kappa shape index (κ1) is 14.4. The zero-order valence-corrected chi connectivity index (χ0v) is 13.3. The van der Waals surface area contributed by atoms with Crippen molar-refractivity contribution >= 4 is 24.7 Å². The second-order valence-electron chi connectivity index (χ2n) is 3.91. The summed E-state index contributed by atoms with van der Waals surface area (Å²) in [5.41, 5.74) is 0. The van der Waals surface area contributed by atoms with Crippen LogP contribution in [-0.2, 0) is 0 Å². The van der Waals surface area contributed by atoms with Crippen LogP contribution in [0.25, 0.3) is 0 Å². The van der Waals surface area contributed by atoms with Gasteiger partial charge in [0.15, 0.2) is 28.5 Å². The number of para-hydroxylation sites is 3. The lowest BCUT2D eigenvalue weighted by Gasteiger charge is -2.16. The van der Waals surface area contributed by atoms with E-state index in [1.54, 1.807) is 18.2 Å². The fourth-order valence-corrected chi connectivity index (χ4v) is 4.65. The predicted octanol–water partition coefficient (Wildman–Crippen LogP) is 5.90. The van der Waals surface area contributed by atoms with Gasteiger partial charge in [-0.15, -0.1) is 9.03 Å². The molecule has 1 aliphatic rings. The summed E-state index contributed by atoms with van der Waals surface area (Å²) < 4.78 is 23.1. The first-order valence-electron chi connectivity index (χ1n) is 5.93. The van der Waals surface area contributed by atoms with Crippen molar-refractivity contribution in [3.8, 4) is 17.2 Å². The summed E-state index contributed by atoms with van der Waals surface area (Å²) in [7, 11) is -2.30. The fraction of sp³-hybridized carbons (Fsp3) is 0. The summed E-state index contributed by atoms with van der Waals surface area (Å²) in [6.45, 7) is 0. The van der Waals surface area contributed by atoms with Crippen LogP contribution in [0.4, 0.5) is 0 Å². The molecule has 2 aromatic carbocycles. The van der Waals surface area contributed by atoms with Gasteiger partial charge < -0.3 is 14.2 Å². The van der Waals surface area contributed by atoms with Gasteiger partial charge in [0.25, 0.3) is 0 Å². The van der Waals surface area contributed by atoms with E-state index in [9.17, 15) is 4.89 Å². The van der Waals surface area contributed by atoms with E-state index in [1.807, 2.05) is 36.4 Å². The number of rotatable bonds is 4. The van der Waals surface area contributed by atoms with Crippen molar-refractivity contribution in [2.24, 2.45) is 13.5 Å². The molecule has 0 aromatic heterocycles. The van der Waals surface area contributed by atoms with E-state index in [0.717, 1.165) is 0 Å². The molecule has 0 bridgehead atoms. The summed E-state index contributed by atoms with van der Waals surface area (Å²) in [5, 5.41) is 0. The lowest BCUT2D eigenvalue weighted by molar-refractivity contribution is 0.428. The Hall–Kier alpha value is -1.57. The average Bonchev–Trinajstić information content (AvgIpc) is 2.51. The van der Waals surface area contributed by atoms with E-state index in [1.165, 1.54) is 0 Å². The van der Waals surface area contributed by atoms with E-state index in [0.29, 0.717) is 34.3 Å². The third-order valence-corrected chi connectivity index (χ3v) is 6.02. The minimum Gasteiger partial charge on any atom is -0.453 e. The third-order valence-electron chi connectivity index (χ3n) is 2.43. The van der Waals surface area contributed by atoms with Gasteiger partial charge >= 0.3 is 7.66 Å². The highest BCUT2D eigenvalue weighted by molar-refractivity contribution is 7.64. The van der Waals surface area contributed by atoms with Crippen molar-refractivity contribution in [3.63, 3.8) is 0 Å². The summed E-state index contributed by atoms with van der Waals surface area (Å²) in [6.07, 6.45) is 0. The van der Waals surface area contributed by atoms with Gasteiger partial charge in [-0.25, -0.2) is 0 Å². The van der Waals surface area contributed by atoms with Gasteiger partial charge in [-0.05, 0) is 24.3 Å². The average molecular weight is 337 g/mol. The lowest BCUT2D eigenvalue weighted by atomic mass is 10.3. The fourth-order valence-electron chi connectivity index (χ4n) is 1.57. The van der Waals surface area contributed by atoms with Crippen molar-refractivity contribution < 1.29 is 14.2 Å². The number of nitrogens with zero attached hydrogens (tertiary/aromatic N) is 3. The maximum Gasteiger partial charge on any atom is 0.402 e. The molecule has 1 aliphatic heterocycles. The highest BCUT2D eigenvalue weighted by atomic mass is 31.2. The van der Waals surface area contributed by atoms with E-state index in [2.05, 4.69) is 13.5 Å². The molecule has 21 heavy (non-hydrogen) atoms. The van der Waals surface area contributed by atoms with Gasteiger partial charge in [-0.3, -0.25) is 0 Å². The molecule has 0 fully saturated rings. The Labute approximate surface area is 124 Å². The topological polar surface area (TPSA) is 75.8 Å². The van der Waals surface area contributed by atoms with Crippen molar-refractivity contribution in [2.75, 3.05) is 0 Å². The van der Waals surface area contributed by atoms with Gasteiger partial charge in [0.2, 0.25) is 0 Å². The molecule has 2 aromatic rings. The van der Waals surface area contributed by atoms with Crippen molar-refractivity contribution in [2.45, 2.75) is 0 Å². The first-order chi connectivity index (χ1) is 10.3. The predicted molar refractivity (Wildman–Crippen MR) is 83.8 cm³/mol. The summed E-state index contributed by atoms with van der Waals surface area (Å²) in [5.74, 6) is 1.58. The van der Waals surface area contributed by atoms with Crippen LogP contribution in [0, 0.1) is 0 Å². The Morgan fingerprint density at radius 2 is 1.62 bits per heavy atom. The molecule has 0 aliphatic carbocycles. The van der Waals surface area contributed by atoms with Crippen molar-refractivity contribution in [3.05, 3.63) is 54.6 Å². The van der Waals surface area contributed by atoms with Crippen molar-refractivity contribution in [1.29, 1.82) is 0 Å². The Morgan fingerprint density at radius 3 is 2.33 bits per heavy atom. The van der Waals surface area contributed by atoms with Gasteiger partial charge in [0.05, 0.1) is 0 Å². The summed E-state index contributed by atoms with van der Waals surface area (Å²) >= 11 is 0. The number of hydrogen-bond donors (Lipinski definition) is 1. The quantitative estimate of drug-likeness (QED) is 0.706. The molecule has 0 spiro atoms. The van der Waals surface area contributed by atoms with Crippen LogP contribution in [-0.4, -0.2) is 4.89 Å². The van der Waals surface area contributed by atoms with Crippen LogP contribution in [0.1, 0.15) is 0 Å². The van der Waals surface area contributed by atoms with Crippen LogP contribution < -0.4 is 9.26 Å². The maximum absolute atomic E-state index is 10.2. The van der Waals surface area contributed by atoms with Crippen molar-refractivity contribution in [1.82, 2.24) is 0 Å². The molecule has 0 saturated carbocycles. The third kappa shape index (κ3) is 3.75. The molecule has 6 nitrogen and oxygen atoms in total.